The molecular formula is C14H21ClFN. The quantitative estimate of drug-likeness (QED) is 0.716. The van der Waals surface area contributed by atoms with Crippen molar-refractivity contribution in [3.05, 3.63) is 29.0 Å². The summed E-state index contributed by atoms with van der Waals surface area (Å²) in [4.78, 5) is 0. The Hall–Kier alpha value is -0.760. The van der Waals surface area contributed by atoms with E-state index < -0.39 is 0 Å². The van der Waals surface area contributed by atoms with E-state index in [9.17, 15) is 4.39 Å². The zero-order valence-electron chi connectivity index (χ0n) is 10.6. The molecule has 0 aliphatic heterocycles. The van der Waals surface area contributed by atoms with Gasteiger partial charge in [0.25, 0.3) is 0 Å². The Bertz CT molecular complexity index is 341. The molecule has 17 heavy (non-hydrogen) atoms. The Kier molecular flexibility index (Phi) is 6.35. The van der Waals surface area contributed by atoms with Crippen LogP contribution in [0.25, 0.3) is 0 Å². The van der Waals surface area contributed by atoms with E-state index in [2.05, 4.69) is 19.2 Å². The van der Waals surface area contributed by atoms with Crippen LogP contribution in [-0.2, 0) is 0 Å². The van der Waals surface area contributed by atoms with Crippen LogP contribution in [0.1, 0.15) is 39.5 Å². The lowest BCUT2D eigenvalue weighted by Crippen LogP contribution is -2.13. The Morgan fingerprint density at radius 2 is 2.12 bits per heavy atom. The van der Waals surface area contributed by atoms with Crippen molar-refractivity contribution in [1.82, 2.24) is 0 Å². The predicted octanol–water partition coefficient (Wildman–Crippen LogP) is 5.11. The largest absolute Gasteiger partial charge is 0.385 e. The lowest BCUT2D eigenvalue weighted by molar-refractivity contribution is 0.472. The van der Waals surface area contributed by atoms with Crippen LogP contribution in [0.3, 0.4) is 0 Å². The van der Waals surface area contributed by atoms with Gasteiger partial charge in [-0.2, -0.15) is 0 Å². The van der Waals surface area contributed by atoms with Crippen molar-refractivity contribution in [2.45, 2.75) is 39.5 Å². The molecule has 1 aromatic carbocycles. The standard InChI is InChI=1S/C14H21ClFN/c1-3-5-6-11(4-2)10-17-12-7-8-13(15)14(16)9-12/h7-9,11,17H,3-6,10H2,1-2H3. The second kappa shape index (κ2) is 7.54. The van der Waals surface area contributed by atoms with Crippen LogP contribution in [0.15, 0.2) is 18.2 Å². The van der Waals surface area contributed by atoms with E-state index >= 15 is 0 Å². The van der Waals surface area contributed by atoms with E-state index in [4.69, 9.17) is 11.6 Å². The van der Waals surface area contributed by atoms with Crippen molar-refractivity contribution in [1.29, 1.82) is 0 Å². The van der Waals surface area contributed by atoms with Crippen molar-refractivity contribution in [2.24, 2.45) is 5.92 Å². The van der Waals surface area contributed by atoms with E-state index in [1.807, 2.05) is 6.07 Å². The van der Waals surface area contributed by atoms with Gasteiger partial charge in [0.05, 0.1) is 5.02 Å². The van der Waals surface area contributed by atoms with Crippen molar-refractivity contribution in [2.75, 3.05) is 11.9 Å². The molecule has 1 aromatic rings. The van der Waals surface area contributed by atoms with Crippen LogP contribution < -0.4 is 5.32 Å². The number of nitrogens with one attached hydrogen (secondary N) is 1. The molecule has 0 radical (unpaired) electrons. The Morgan fingerprint density at radius 3 is 2.71 bits per heavy atom. The molecule has 1 rings (SSSR count). The van der Waals surface area contributed by atoms with E-state index in [1.165, 1.54) is 25.3 Å². The van der Waals surface area contributed by atoms with E-state index in [0.29, 0.717) is 5.92 Å². The van der Waals surface area contributed by atoms with Crippen LogP contribution in [-0.4, -0.2) is 6.54 Å². The first-order valence-electron chi connectivity index (χ1n) is 6.36. The van der Waals surface area contributed by atoms with Crippen LogP contribution in [0.5, 0.6) is 0 Å². The second-order valence-corrected chi connectivity index (χ2v) is 4.83. The molecule has 96 valence electrons. The zero-order chi connectivity index (χ0) is 12.7. The fourth-order valence-corrected chi connectivity index (χ4v) is 1.93. The molecule has 1 unspecified atom stereocenters. The minimum Gasteiger partial charge on any atom is -0.385 e. The summed E-state index contributed by atoms with van der Waals surface area (Å²) in [5.41, 5.74) is 0.807. The van der Waals surface area contributed by atoms with E-state index in [-0.39, 0.29) is 10.8 Å². The summed E-state index contributed by atoms with van der Waals surface area (Å²) in [5, 5.41) is 3.45. The normalized spacial score (nSPS) is 12.5. The minimum absolute atomic E-state index is 0.175. The molecule has 0 aliphatic rings. The highest BCUT2D eigenvalue weighted by molar-refractivity contribution is 6.30. The lowest BCUT2D eigenvalue weighted by atomic mass is 9.99. The molecule has 0 bridgehead atoms. The first-order chi connectivity index (χ1) is 8.17. The van der Waals surface area contributed by atoms with Gasteiger partial charge < -0.3 is 5.32 Å². The molecule has 0 fully saturated rings. The number of anilines is 1. The molecule has 0 spiro atoms. The van der Waals surface area contributed by atoms with Gasteiger partial charge >= 0.3 is 0 Å². The summed E-state index contributed by atoms with van der Waals surface area (Å²) >= 11 is 5.64. The lowest BCUT2D eigenvalue weighted by Gasteiger charge is -2.16. The zero-order valence-corrected chi connectivity index (χ0v) is 11.4. The van der Waals surface area contributed by atoms with E-state index in [0.717, 1.165) is 18.7 Å². The highest BCUT2D eigenvalue weighted by atomic mass is 35.5. The number of halogens is 2. The molecule has 1 atom stereocenters. The first-order valence-corrected chi connectivity index (χ1v) is 6.74. The molecule has 0 heterocycles. The minimum atomic E-state index is -0.363. The summed E-state index contributed by atoms with van der Waals surface area (Å²) in [6.07, 6.45) is 4.88. The highest BCUT2D eigenvalue weighted by Crippen LogP contribution is 2.20. The molecule has 0 saturated heterocycles. The summed E-state index contributed by atoms with van der Waals surface area (Å²) in [7, 11) is 0. The molecular weight excluding hydrogens is 237 g/mol. The predicted molar refractivity (Wildman–Crippen MR) is 73.2 cm³/mol. The summed E-state index contributed by atoms with van der Waals surface area (Å²) in [5.74, 6) is 0.298. The Labute approximate surface area is 108 Å². The first kappa shape index (κ1) is 14.3. The number of benzene rings is 1. The molecule has 0 saturated carbocycles. The van der Waals surface area contributed by atoms with Crippen molar-refractivity contribution in [3.63, 3.8) is 0 Å². The Morgan fingerprint density at radius 1 is 1.35 bits per heavy atom. The fourth-order valence-electron chi connectivity index (χ4n) is 1.81. The monoisotopic (exact) mass is 257 g/mol. The highest BCUT2D eigenvalue weighted by Gasteiger charge is 2.06. The van der Waals surface area contributed by atoms with Crippen LogP contribution >= 0.6 is 11.6 Å². The topological polar surface area (TPSA) is 12.0 Å². The average Bonchev–Trinajstić information content (AvgIpc) is 2.34. The Balaban J connectivity index is 2.45. The maximum absolute atomic E-state index is 13.2. The van der Waals surface area contributed by atoms with Gasteiger partial charge in [0.1, 0.15) is 5.82 Å². The summed E-state index contributed by atoms with van der Waals surface area (Å²) in [6, 6.07) is 4.86. The summed E-state index contributed by atoms with van der Waals surface area (Å²) < 4.78 is 13.2. The van der Waals surface area contributed by atoms with Gasteiger partial charge in [-0.1, -0.05) is 44.7 Å². The SMILES string of the molecule is CCCCC(CC)CNc1ccc(Cl)c(F)c1. The third kappa shape index (κ3) is 4.95. The van der Waals surface area contributed by atoms with Gasteiger partial charge in [0, 0.05) is 12.2 Å². The summed E-state index contributed by atoms with van der Waals surface area (Å²) in [6.45, 7) is 5.30. The number of rotatable bonds is 7. The van der Waals surface area contributed by atoms with Crippen LogP contribution in [0, 0.1) is 11.7 Å². The molecule has 3 heteroatoms. The van der Waals surface area contributed by atoms with Gasteiger partial charge in [-0.3, -0.25) is 0 Å². The van der Waals surface area contributed by atoms with Gasteiger partial charge in [-0.05, 0) is 30.5 Å². The third-order valence-electron chi connectivity index (χ3n) is 3.06. The fraction of sp³-hybridized carbons (Fsp3) is 0.571. The molecule has 1 N–H and O–H groups in total. The molecule has 0 aliphatic carbocycles. The van der Waals surface area contributed by atoms with Crippen molar-refractivity contribution >= 4 is 17.3 Å². The van der Waals surface area contributed by atoms with Gasteiger partial charge in [0.2, 0.25) is 0 Å². The molecule has 0 aromatic heterocycles. The van der Waals surface area contributed by atoms with E-state index in [1.54, 1.807) is 6.07 Å². The maximum atomic E-state index is 13.2. The maximum Gasteiger partial charge on any atom is 0.143 e. The average molecular weight is 258 g/mol. The number of hydrogen-bond acceptors (Lipinski definition) is 1. The van der Waals surface area contributed by atoms with Crippen molar-refractivity contribution in [3.8, 4) is 0 Å². The van der Waals surface area contributed by atoms with Gasteiger partial charge in [0.15, 0.2) is 0 Å². The third-order valence-corrected chi connectivity index (χ3v) is 3.36. The number of unbranched alkanes of at least 4 members (excludes halogenated alkanes) is 1. The second-order valence-electron chi connectivity index (χ2n) is 4.43. The van der Waals surface area contributed by atoms with Gasteiger partial charge in [-0.25, -0.2) is 4.39 Å². The van der Waals surface area contributed by atoms with Crippen LogP contribution in [0.2, 0.25) is 5.02 Å². The number of hydrogen-bond donors (Lipinski definition) is 1. The molecule has 0 amide bonds. The molecule has 1 nitrogen and oxygen atoms in total. The van der Waals surface area contributed by atoms with Crippen molar-refractivity contribution < 1.29 is 4.39 Å². The van der Waals surface area contributed by atoms with Crippen LogP contribution in [0.4, 0.5) is 10.1 Å². The van der Waals surface area contributed by atoms with Gasteiger partial charge in [-0.15, -0.1) is 0 Å². The smallest absolute Gasteiger partial charge is 0.143 e.